The second kappa shape index (κ2) is 19.9. The van der Waals surface area contributed by atoms with E-state index in [-0.39, 0.29) is 11.9 Å². The first-order valence-electron chi connectivity index (χ1n) is 9.53. The molecule has 0 aromatic carbocycles. The Bertz CT molecular complexity index is 284. The zero-order valence-electron chi connectivity index (χ0n) is 17.4. The number of hydrogen-bond donors (Lipinski definition) is 2. The van der Waals surface area contributed by atoms with Crippen LogP contribution in [0.3, 0.4) is 0 Å². The SMILES string of the molecule is CC.CC(C)CC(=O)C(C)C.CCCC.NC(=O)N1CCNCC1. The summed E-state index contributed by atoms with van der Waals surface area (Å²) in [5, 5.41) is 3.12. The first-order valence-corrected chi connectivity index (χ1v) is 9.53. The number of nitrogens with two attached hydrogens (primary N) is 1. The molecule has 0 bridgehead atoms. The minimum absolute atomic E-state index is 0.215. The molecule has 3 N–H and O–H groups in total. The van der Waals surface area contributed by atoms with Crippen molar-refractivity contribution in [3.8, 4) is 0 Å². The number of nitrogens with zero attached hydrogens (tertiary/aromatic N) is 1. The lowest BCUT2D eigenvalue weighted by Crippen LogP contribution is -2.48. The maximum atomic E-state index is 11.0. The fraction of sp³-hybridized carbons (Fsp3) is 0.895. The van der Waals surface area contributed by atoms with Crippen LogP contribution in [-0.4, -0.2) is 42.9 Å². The molecule has 0 aromatic heterocycles. The van der Waals surface area contributed by atoms with Gasteiger partial charge in [-0.3, -0.25) is 4.79 Å². The van der Waals surface area contributed by atoms with Crippen LogP contribution in [0.4, 0.5) is 4.79 Å². The van der Waals surface area contributed by atoms with Gasteiger partial charge in [-0.1, -0.05) is 68.2 Å². The number of urea groups is 1. The molecule has 0 aliphatic carbocycles. The summed E-state index contributed by atoms with van der Waals surface area (Å²) in [7, 11) is 0. The molecule has 1 aliphatic rings. The first-order chi connectivity index (χ1) is 11.3. The van der Waals surface area contributed by atoms with E-state index < -0.39 is 0 Å². The maximum Gasteiger partial charge on any atom is 0.314 e. The van der Waals surface area contributed by atoms with Crippen LogP contribution in [-0.2, 0) is 4.79 Å². The van der Waals surface area contributed by atoms with Gasteiger partial charge in [0.2, 0.25) is 0 Å². The van der Waals surface area contributed by atoms with Crippen molar-refractivity contribution in [3.05, 3.63) is 0 Å². The summed E-state index contributed by atoms with van der Waals surface area (Å²) in [4.78, 5) is 23.1. The van der Waals surface area contributed by atoms with Gasteiger partial charge in [0.05, 0.1) is 0 Å². The lowest BCUT2D eigenvalue weighted by atomic mass is 9.99. The second-order valence-corrected chi connectivity index (χ2v) is 6.29. The zero-order valence-corrected chi connectivity index (χ0v) is 17.4. The van der Waals surface area contributed by atoms with E-state index in [2.05, 4.69) is 33.0 Å². The van der Waals surface area contributed by atoms with Gasteiger partial charge in [-0.2, -0.15) is 0 Å². The fourth-order valence-electron chi connectivity index (χ4n) is 1.52. The number of hydrogen-bond acceptors (Lipinski definition) is 3. The van der Waals surface area contributed by atoms with E-state index in [1.807, 2.05) is 27.7 Å². The summed E-state index contributed by atoms with van der Waals surface area (Å²) in [5.74, 6) is 1.11. The standard InChI is InChI=1S/C8H16O.C5H11N3O.C4H10.C2H6/c1-6(2)5-8(9)7(3)4;6-5(9)8-3-1-7-2-4-8;1-3-4-2;1-2/h6-7H,5H2,1-4H3;7H,1-4H2,(H2,6,9);3-4H2,1-2H3;1-2H3. The quantitative estimate of drug-likeness (QED) is 0.806. The molecular weight excluding hydrogens is 302 g/mol. The van der Waals surface area contributed by atoms with Crippen LogP contribution in [0, 0.1) is 11.8 Å². The molecule has 2 amide bonds. The van der Waals surface area contributed by atoms with Gasteiger partial charge in [0.1, 0.15) is 5.78 Å². The molecule has 146 valence electrons. The number of rotatable bonds is 4. The minimum Gasteiger partial charge on any atom is -0.351 e. The highest BCUT2D eigenvalue weighted by molar-refractivity contribution is 5.80. The zero-order chi connectivity index (χ0) is 19.5. The second-order valence-electron chi connectivity index (χ2n) is 6.29. The van der Waals surface area contributed by atoms with Gasteiger partial charge in [0.25, 0.3) is 0 Å². The van der Waals surface area contributed by atoms with E-state index >= 15 is 0 Å². The fourth-order valence-corrected chi connectivity index (χ4v) is 1.52. The highest BCUT2D eigenvalue weighted by Gasteiger charge is 2.11. The molecule has 1 fully saturated rings. The third-order valence-electron chi connectivity index (χ3n) is 3.18. The normalized spacial score (nSPS) is 13.0. The van der Waals surface area contributed by atoms with Crippen LogP contribution in [0.25, 0.3) is 0 Å². The summed E-state index contributed by atoms with van der Waals surface area (Å²) in [5.41, 5.74) is 5.03. The Hall–Kier alpha value is -1.10. The van der Waals surface area contributed by atoms with Crippen molar-refractivity contribution >= 4 is 11.8 Å². The van der Waals surface area contributed by atoms with Crippen molar-refractivity contribution in [3.63, 3.8) is 0 Å². The third-order valence-corrected chi connectivity index (χ3v) is 3.18. The van der Waals surface area contributed by atoms with E-state index in [9.17, 15) is 9.59 Å². The van der Waals surface area contributed by atoms with E-state index in [0.717, 1.165) is 32.6 Å². The molecule has 1 saturated heterocycles. The van der Waals surface area contributed by atoms with Gasteiger partial charge >= 0.3 is 6.03 Å². The number of nitrogens with one attached hydrogen (secondary N) is 1. The van der Waals surface area contributed by atoms with Crippen LogP contribution in [0.15, 0.2) is 0 Å². The minimum atomic E-state index is -0.309. The summed E-state index contributed by atoms with van der Waals surface area (Å²) in [6, 6.07) is -0.309. The number of carbonyl (C=O) groups excluding carboxylic acids is 2. The number of amides is 2. The molecule has 0 saturated carbocycles. The van der Waals surface area contributed by atoms with Gasteiger partial charge in [0.15, 0.2) is 0 Å². The highest BCUT2D eigenvalue weighted by atomic mass is 16.2. The summed E-state index contributed by atoms with van der Waals surface area (Å²) >= 11 is 0. The molecule has 0 unspecified atom stereocenters. The van der Waals surface area contributed by atoms with Crippen LogP contribution in [0.5, 0.6) is 0 Å². The molecule has 1 rings (SSSR count). The molecule has 1 aliphatic heterocycles. The van der Waals surface area contributed by atoms with Gasteiger partial charge in [-0.15, -0.1) is 0 Å². The van der Waals surface area contributed by atoms with Crippen molar-refractivity contribution in [2.45, 2.75) is 74.7 Å². The van der Waals surface area contributed by atoms with Crippen molar-refractivity contribution in [1.82, 2.24) is 10.2 Å². The molecule has 5 heteroatoms. The number of Topliss-reactive ketones (excluding diaryl/α,β-unsaturated/α-hetero) is 1. The molecule has 1 heterocycles. The number of ketones is 1. The number of primary amides is 1. The Kier molecular flexibility index (Phi) is 23.0. The Morgan fingerprint density at radius 3 is 1.58 bits per heavy atom. The van der Waals surface area contributed by atoms with Crippen LogP contribution in [0.2, 0.25) is 0 Å². The molecule has 0 spiro atoms. The Labute approximate surface area is 150 Å². The number of piperazine rings is 1. The van der Waals surface area contributed by atoms with Crippen LogP contribution < -0.4 is 11.1 Å². The smallest absolute Gasteiger partial charge is 0.314 e. The van der Waals surface area contributed by atoms with Gasteiger partial charge in [0, 0.05) is 38.5 Å². The summed E-state index contributed by atoms with van der Waals surface area (Å²) < 4.78 is 0. The van der Waals surface area contributed by atoms with E-state index in [0.29, 0.717) is 11.7 Å². The van der Waals surface area contributed by atoms with E-state index in [4.69, 9.17) is 5.73 Å². The number of carbonyl (C=O) groups is 2. The van der Waals surface area contributed by atoms with Crippen molar-refractivity contribution in [2.24, 2.45) is 17.6 Å². The van der Waals surface area contributed by atoms with Gasteiger partial charge < -0.3 is 16.0 Å². The lowest BCUT2D eigenvalue weighted by molar-refractivity contribution is -0.122. The Morgan fingerprint density at radius 2 is 1.42 bits per heavy atom. The number of unbranched alkanes of at least 4 members (excludes halogenated alkanes) is 1. The summed E-state index contributed by atoms with van der Waals surface area (Å²) in [6.07, 6.45) is 3.37. The third kappa shape index (κ3) is 20.9. The molecule has 24 heavy (non-hydrogen) atoms. The van der Waals surface area contributed by atoms with Gasteiger partial charge in [-0.25, -0.2) is 4.79 Å². The first kappa shape index (κ1) is 27.7. The molecule has 0 radical (unpaired) electrons. The van der Waals surface area contributed by atoms with E-state index in [1.54, 1.807) is 4.90 Å². The average Bonchev–Trinajstić information content (AvgIpc) is 2.57. The van der Waals surface area contributed by atoms with Crippen molar-refractivity contribution in [1.29, 1.82) is 0 Å². The summed E-state index contributed by atoms with van der Waals surface area (Å²) in [6.45, 7) is 19.6. The van der Waals surface area contributed by atoms with Crippen molar-refractivity contribution in [2.75, 3.05) is 26.2 Å². The Morgan fingerprint density at radius 1 is 1.00 bits per heavy atom. The van der Waals surface area contributed by atoms with Gasteiger partial charge in [-0.05, 0) is 5.92 Å². The van der Waals surface area contributed by atoms with Crippen LogP contribution >= 0.6 is 0 Å². The highest BCUT2D eigenvalue weighted by Crippen LogP contribution is 2.06. The molecule has 0 atom stereocenters. The molecular formula is C19H43N3O2. The largest absolute Gasteiger partial charge is 0.351 e. The predicted molar refractivity (Wildman–Crippen MR) is 105 cm³/mol. The monoisotopic (exact) mass is 345 g/mol. The van der Waals surface area contributed by atoms with Crippen LogP contribution in [0.1, 0.15) is 74.7 Å². The molecule has 0 aromatic rings. The average molecular weight is 346 g/mol. The predicted octanol–water partition coefficient (Wildman–Crippen LogP) is 4.06. The topological polar surface area (TPSA) is 75.4 Å². The maximum absolute atomic E-state index is 11.0. The van der Waals surface area contributed by atoms with E-state index in [1.165, 1.54) is 12.8 Å². The molecule has 5 nitrogen and oxygen atoms in total. The van der Waals surface area contributed by atoms with Crippen molar-refractivity contribution < 1.29 is 9.59 Å². The lowest BCUT2D eigenvalue weighted by Gasteiger charge is -2.25. The Balaban J connectivity index is -0.000000279.